The van der Waals surface area contributed by atoms with E-state index in [-0.39, 0.29) is 5.60 Å². The van der Waals surface area contributed by atoms with Gasteiger partial charge in [0.15, 0.2) is 5.82 Å². The normalized spacial score (nSPS) is 21.1. The van der Waals surface area contributed by atoms with E-state index >= 15 is 0 Å². The van der Waals surface area contributed by atoms with E-state index < -0.39 is 0 Å². The number of hydrogen-bond donors (Lipinski definition) is 1. The van der Waals surface area contributed by atoms with Crippen molar-refractivity contribution in [1.29, 1.82) is 0 Å². The topological polar surface area (TPSA) is 90.0 Å². The largest absolute Gasteiger partial charge is 0.382 e. The van der Waals surface area contributed by atoms with E-state index in [9.17, 15) is 0 Å². The maximum absolute atomic E-state index is 5.85. The van der Waals surface area contributed by atoms with Crippen LogP contribution in [0.5, 0.6) is 0 Å². The molecule has 7 heteroatoms. The molecule has 0 aromatic carbocycles. The van der Waals surface area contributed by atoms with Gasteiger partial charge in [0, 0.05) is 13.1 Å². The number of nitrogen functional groups attached to an aromatic ring is 1. The minimum absolute atomic E-state index is 0.134. The third kappa shape index (κ3) is 1.77. The molecule has 2 aromatic heterocycles. The van der Waals surface area contributed by atoms with Crippen molar-refractivity contribution in [2.24, 2.45) is 0 Å². The van der Waals surface area contributed by atoms with Gasteiger partial charge in [-0.25, -0.2) is 19.9 Å². The molecule has 4 rings (SSSR count). The number of aromatic nitrogens is 4. The highest BCUT2D eigenvalue weighted by Gasteiger charge is 2.41. The summed E-state index contributed by atoms with van der Waals surface area (Å²) in [6.07, 6.45) is 6.39. The molecular weight excluding hydrogens is 256 g/mol. The van der Waals surface area contributed by atoms with Crippen LogP contribution in [0, 0.1) is 0 Å². The summed E-state index contributed by atoms with van der Waals surface area (Å²) in [6.45, 7) is 2.73. The van der Waals surface area contributed by atoms with Crippen LogP contribution in [-0.4, -0.2) is 45.2 Å². The molecule has 2 fully saturated rings. The minimum atomic E-state index is 0.134. The van der Waals surface area contributed by atoms with E-state index in [0.717, 1.165) is 32.5 Å². The molecule has 2 aliphatic rings. The molecule has 1 spiro atoms. The number of nitrogens with zero attached hydrogens (tertiary/aromatic N) is 5. The summed E-state index contributed by atoms with van der Waals surface area (Å²) in [5.74, 6) is 1.10. The molecule has 0 bridgehead atoms. The van der Waals surface area contributed by atoms with Crippen molar-refractivity contribution in [3.63, 3.8) is 0 Å². The third-order valence-electron chi connectivity index (χ3n) is 4.32. The molecule has 7 nitrogen and oxygen atoms in total. The van der Waals surface area contributed by atoms with Crippen molar-refractivity contribution in [3.05, 3.63) is 12.5 Å². The Balaban J connectivity index is 1.61. The van der Waals surface area contributed by atoms with Crippen molar-refractivity contribution in [1.82, 2.24) is 19.9 Å². The third-order valence-corrected chi connectivity index (χ3v) is 4.32. The van der Waals surface area contributed by atoms with E-state index in [2.05, 4.69) is 24.8 Å². The second kappa shape index (κ2) is 4.24. The zero-order valence-electron chi connectivity index (χ0n) is 11.1. The molecule has 0 saturated carbocycles. The molecule has 0 aliphatic carbocycles. The Kier molecular flexibility index (Phi) is 2.50. The summed E-state index contributed by atoms with van der Waals surface area (Å²) < 4.78 is 5.73. The lowest BCUT2D eigenvalue weighted by Crippen LogP contribution is -2.52. The van der Waals surface area contributed by atoms with Gasteiger partial charge in [-0.05, 0) is 19.3 Å². The van der Waals surface area contributed by atoms with Crippen LogP contribution in [0.15, 0.2) is 12.5 Å². The zero-order valence-corrected chi connectivity index (χ0v) is 11.1. The summed E-state index contributed by atoms with van der Waals surface area (Å²) in [5.41, 5.74) is 7.28. The Morgan fingerprint density at radius 1 is 1.15 bits per heavy atom. The number of rotatable bonds is 1. The number of anilines is 2. The quantitative estimate of drug-likeness (QED) is 0.819. The predicted molar refractivity (Wildman–Crippen MR) is 74.3 cm³/mol. The lowest BCUT2D eigenvalue weighted by molar-refractivity contribution is -0.158. The van der Waals surface area contributed by atoms with Gasteiger partial charge in [0.05, 0.1) is 18.4 Å². The van der Waals surface area contributed by atoms with Gasteiger partial charge in [-0.1, -0.05) is 0 Å². The minimum Gasteiger partial charge on any atom is -0.382 e. The molecule has 0 unspecified atom stereocenters. The van der Waals surface area contributed by atoms with Gasteiger partial charge in [-0.15, -0.1) is 0 Å². The predicted octanol–water partition coefficient (Wildman–Crippen LogP) is 0.761. The van der Waals surface area contributed by atoms with Crippen LogP contribution >= 0.6 is 0 Å². The SMILES string of the molecule is Nc1ncnc2cnc(N3CCC4(CCO4)CC3)nc12. The molecular formula is C13H16N6O. The second-order valence-electron chi connectivity index (χ2n) is 5.43. The van der Waals surface area contributed by atoms with Crippen LogP contribution in [0.1, 0.15) is 19.3 Å². The first-order chi connectivity index (χ1) is 9.76. The second-order valence-corrected chi connectivity index (χ2v) is 5.43. The lowest BCUT2D eigenvalue weighted by atomic mass is 9.84. The van der Waals surface area contributed by atoms with Crippen LogP contribution in [0.4, 0.5) is 11.8 Å². The van der Waals surface area contributed by atoms with E-state index in [1.165, 1.54) is 12.7 Å². The highest BCUT2D eigenvalue weighted by atomic mass is 16.5. The first-order valence-electron chi connectivity index (χ1n) is 6.88. The van der Waals surface area contributed by atoms with Gasteiger partial charge < -0.3 is 15.4 Å². The van der Waals surface area contributed by atoms with Crippen LogP contribution in [0.25, 0.3) is 11.0 Å². The maximum atomic E-state index is 5.85. The summed E-state index contributed by atoms with van der Waals surface area (Å²) in [7, 11) is 0. The summed E-state index contributed by atoms with van der Waals surface area (Å²) >= 11 is 0. The highest BCUT2D eigenvalue weighted by Crippen LogP contribution is 2.37. The Morgan fingerprint density at radius 2 is 1.95 bits per heavy atom. The van der Waals surface area contributed by atoms with Crippen LogP contribution in [0.2, 0.25) is 0 Å². The number of ether oxygens (including phenoxy) is 1. The van der Waals surface area contributed by atoms with Gasteiger partial charge >= 0.3 is 0 Å². The van der Waals surface area contributed by atoms with E-state index in [0.29, 0.717) is 22.8 Å². The standard InChI is InChI=1S/C13H16N6O/c14-11-10-9(16-8-17-11)7-15-12(18-10)19-4-1-13(2-5-19)3-6-20-13/h7-8H,1-6H2,(H2,14,16,17). The Hall–Kier alpha value is -2.02. The number of piperidine rings is 1. The summed E-state index contributed by atoms with van der Waals surface area (Å²) in [4.78, 5) is 19.2. The van der Waals surface area contributed by atoms with Crippen molar-refractivity contribution in [2.45, 2.75) is 24.9 Å². The average molecular weight is 272 g/mol. The molecule has 20 heavy (non-hydrogen) atoms. The van der Waals surface area contributed by atoms with Crippen LogP contribution < -0.4 is 10.6 Å². The smallest absolute Gasteiger partial charge is 0.226 e. The van der Waals surface area contributed by atoms with Crippen molar-refractivity contribution < 1.29 is 4.74 Å². The van der Waals surface area contributed by atoms with Gasteiger partial charge in [-0.2, -0.15) is 0 Å². The number of nitrogens with two attached hydrogens (primary N) is 1. The number of hydrogen-bond acceptors (Lipinski definition) is 7. The van der Waals surface area contributed by atoms with Crippen LogP contribution in [-0.2, 0) is 4.74 Å². The monoisotopic (exact) mass is 272 g/mol. The fourth-order valence-corrected chi connectivity index (χ4v) is 2.92. The van der Waals surface area contributed by atoms with Crippen molar-refractivity contribution in [3.8, 4) is 0 Å². The zero-order chi connectivity index (χ0) is 13.6. The van der Waals surface area contributed by atoms with Gasteiger partial charge in [0.2, 0.25) is 5.95 Å². The Morgan fingerprint density at radius 3 is 2.65 bits per heavy atom. The first kappa shape index (κ1) is 11.8. The first-order valence-corrected chi connectivity index (χ1v) is 6.88. The fraction of sp³-hybridized carbons (Fsp3) is 0.538. The number of fused-ring (bicyclic) bond motifs is 1. The highest BCUT2D eigenvalue weighted by molar-refractivity contribution is 5.83. The lowest BCUT2D eigenvalue weighted by Gasteiger charge is -2.47. The van der Waals surface area contributed by atoms with Crippen molar-refractivity contribution >= 4 is 22.8 Å². The molecule has 2 aromatic rings. The average Bonchev–Trinajstić information content (AvgIpc) is 2.46. The molecule has 2 aliphatic heterocycles. The molecule has 2 saturated heterocycles. The van der Waals surface area contributed by atoms with E-state index in [1.807, 2.05) is 0 Å². The Bertz CT molecular complexity index is 646. The molecule has 4 heterocycles. The molecule has 104 valence electrons. The van der Waals surface area contributed by atoms with E-state index in [1.54, 1.807) is 6.20 Å². The van der Waals surface area contributed by atoms with Crippen LogP contribution in [0.3, 0.4) is 0 Å². The fourth-order valence-electron chi connectivity index (χ4n) is 2.92. The maximum Gasteiger partial charge on any atom is 0.226 e. The summed E-state index contributed by atoms with van der Waals surface area (Å²) in [6, 6.07) is 0. The van der Waals surface area contributed by atoms with Gasteiger partial charge in [-0.3, -0.25) is 0 Å². The van der Waals surface area contributed by atoms with Gasteiger partial charge in [0.1, 0.15) is 17.4 Å². The summed E-state index contributed by atoms with van der Waals surface area (Å²) in [5, 5.41) is 0. The Labute approximate surface area is 116 Å². The molecule has 0 radical (unpaired) electrons. The molecule has 0 amide bonds. The van der Waals surface area contributed by atoms with Gasteiger partial charge in [0.25, 0.3) is 0 Å². The van der Waals surface area contributed by atoms with Crippen molar-refractivity contribution in [2.75, 3.05) is 30.3 Å². The molecule has 0 atom stereocenters. The molecule has 2 N–H and O–H groups in total. The van der Waals surface area contributed by atoms with E-state index in [4.69, 9.17) is 10.5 Å².